The lowest BCUT2D eigenvalue weighted by atomic mass is 9.97. The third-order valence-electron chi connectivity index (χ3n) is 7.49. The van der Waals surface area contributed by atoms with E-state index in [4.69, 9.17) is 16.3 Å². The number of nitrogens with zero attached hydrogens (tertiary/aromatic N) is 4. The van der Waals surface area contributed by atoms with Crippen LogP contribution in [0.2, 0.25) is 0 Å². The Kier molecular flexibility index (Phi) is 13.5. The van der Waals surface area contributed by atoms with E-state index in [0.29, 0.717) is 23.6 Å². The maximum atomic E-state index is 13.5. The Bertz CT molecular complexity index is 1110. The van der Waals surface area contributed by atoms with Crippen molar-refractivity contribution in [3.63, 3.8) is 0 Å². The molecule has 3 heterocycles. The number of aromatic nitrogens is 1. The second-order valence-corrected chi connectivity index (χ2v) is 13.4. The van der Waals surface area contributed by atoms with E-state index < -0.39 is 9.71 Å². The van der Waals surface area contributed by atoms with Gasteiger partial charge in [-0.1, -0.05) is 27.4 Å². The Hall–Kier alpha value is -2.01. The molecule has 2 aliphatic rings. The number of likely N-dealkylation sites (tertiary alicyclic amines) is 1. The molecule has 0 bridgehead atoms. The molecule has 2 saturated heterocycles. The summed E-state index contributed by atoms with van der Waals surface area (Å²) in [7, 11) is -0.798. The van der Waals surface area contributed by atoms with Gasteiger partial charge in [-0.15, -0.1) is 11.6 Å². The third-order valence-corrected chi connectivity index (χ3v) is 8.42. The zero-order chi connectivity index (χ0) is 28.6. The number of piperidine rings is 1. The van der Waals surface area contributed by atoms with Crippen LogP contribution in [0, 0.1) is 0 Å². The fraction of sp³-hybridized carbons (Fsp3) is 0.655. The van der Waals surface area contributed by atoms with Crippen molar-refractivity contribution in [2.45, 2.75) is 71.3 Å². The van der Waals surface area contributed by atoms with Crippen molar-refractivity contribution in [3.05, 3.63) is 35.7 Å². The van der Waals surface area contributed by atoms with Crippen LogP contribution in [0.25, 0.3) is 0 Å². The van der Waals surface area contributed by atoms with Crippen molar-refractivity contribution in [2.75, 3.05) is 62.3 Å². The topological polar surface area (TPSA) is 70.2 Å². The summed E-state index contributed by atoms with van der Waals surface area (Å²) in [4.78, 5) is 15.8. The van der Waals surface area contributed by atoms with Crippen molar-refractivity contribution >= 4 is 38.7 Å². The smallest absolute Gasteiger partial charge is 0.216 e. The van der Waals surface area contributed by atoms with E-state index in [1.807, 2.05) is 13.0 Å². The largest absolute Gasteiger partial charge is 0.497 e. The van der Waals surface area contributed by atoms with Crippen LogP contribution in [0.1, 0.15) is 53.9 Å². The molecule has 1 N–H and O–H groups in total. The molecule has 11 heteroatoms. The van der Waals surface area contributed by atoms with Gasteiger partial charge in [-0.05, 0) is 57.6 Å². The fourth-order valence-electron chi connectivity index (χ4n) is 5.52. The molecule has 3 rings (SSSR count). The number of hydrogen-bond donors (Lipinski definition) is 1. The normalized spacial score (nSPS) is 22.3. The van der Waals surface area contributed by atoms with Gasteiger partial charge < -0.3 is 14.4 Å². The molecule has 0 saturated carbocycles. The zero-order valence-corrected chi connectivity index (χ0v) is 25.6. The molecule has 0 radical (unpaired) electrons. The maximum Gasteiger partial charge on any atom is 0.216 e. The van der Waals surface area contributed by atoms with Crippen molar-refractivity contribution in [1.29, 1.82) is 0 Å². The zero-order valence-electron chi connectivity index (χ0n) is 24.0. The minimum absolute atomic E-state index is 0. The van der Waals surface area contributed by atoms with E-state index in [-0.39, 0.29) is 18.6 Å². The van der Waals surface area contributed by atoms with Crippen LogP contribution in [-0.2, 0) is 14.4 Å². The second kappa shape index (κ2) is 15.8. The number of ether oxygens (including phenoxy) is 1. The highest BCUT2D eigenvalue weighted by molar-refractivity contribution is 8.00. The minimum Gasteiger partial charge on any atom is -0.497 e. The lowest BCUT2D eigenvalue weighted by Gasteiger charge is -2.47. The van der Waals surface area contributed by atoms with Gasteiger partial charge in [-0.25, -0.2) is 9.19 Å². The number of allylic oxidation sites excluding steroid dienone is 2. The van der Waals surface area contributed by atoms with Crippen LogP contribution in [0.3, 0.4) is 0 Å². The van der Waals surface area contributed by atoms with Crippen molar-refractivity contribution in [3.8, 4) is 5.75 Å². The highest BCUT2D eigenvalue weighted by atomic mass is 35.5. The molecule has 228 valence electrons. The molecule has 1 aromatic heterocycles. The van der Waals surface area contributed by atoms with Crippen molar-refractivity contribution in [2.24, 2.45) is 0 Å². The van der Waals surface area contributed by atoms with Gasteiger partial charge in [-0.2, -0.15) is 0 Å². The summed E-state index contributed by atoms with van der Waals surface area (Å²) in [5, 5.41) is -0.0990. The van der Waals surface area contributed by atoms with E-state index in [1.54, 1.807) is 13.3 Å². The van der Waals surface area contributed by atoms with Crippen LogP contribution in [0.4, 0.5) is 16.0 Å². The number of pyridine rings is 1. The lowest BCUT2D eigenvalue weighted by molar-refractivity contribution is -0.00629. The van der Waals surface area contributed by atoms with Gasteiger partial charge in [0.25, 0.3) is 0 Å². The number of rotatable bonds is 12. The molecule has 2 fully saturated rings. The third kappa shape index (κ3) is 9.26. The number of nitrogens with one attached hydrogen (secondary N) is 1. The van der Waals surface area contributed by atoms with Crippen molar-refractivity contribution in [1.82, 2.24) is 14.8 Å². The Morgan fingerprint density at radius 1 is 1.32 bits per heavy atom. The maximum absolute atomic E-state index is 13.5. The predicted molar refractivity (Wildman–Crippen MR) is 169 cm³/mol. The molecule has 3 atom stereocenters. The van der Waals surface area contributed by atoms with Gasteiger partial charge in [0.2, 0.25) is 5.75 Å². The molecule has 1 aromatic rings. The van der Waals surface area contributed by atoms with Crippen LogP contribution in [0.15, 0.2) is 35.7 Å². The monoisotopic (exact) mass is 601 g/mol. The average molecular weight is 602 g/mol. The molecule has 0 aliphatic carbocycles. The van der Waals surface area contributed by atoms with Crippen LogP contribution < -0.4 is 14.6 Å². The number of hydrogen-bond acceptors (Lipinski definition) is 7. The summed E-state index contributed by atoms with van der Waals surface area (Å²) in [6.45, 7) is 11.5. The molecule has 3 unspecified atom stereocenters. The Morgan fingerprint density at radius 3 is 2.58 bits per heavy atom. The summed E-state index contributed by atoms with van der Waals surface area (Å²) in [5.41, 5.74) is 1.53. The summed E-state index contributed by atoms with van der Waals surface area (Å²) < 4.78 is 33.9. The first-order valence-corrected chi connectivity index (χ1v) is 16.4. The van der Waals surface area contributed by atoms with E-state index >= 15 is 0 Å². The molecular formula is C29H49ClFN5O3S. The quantitative estimate of drug-likeness (QED) is 0.147. The molecule has 0 spiro atoms. The fourth-order valence-corrected chi connectivity index (χ4v) is 6.31. The first-order chi connectivity index (χ1) is 18.6. The van der Waals surface area contributed by atoms with Gasteiger partial charge in [0.15, 0.2) is 5.82 Å². The predicted octanol–water partition coefficient (Wildman–Crippen LogP) is 5.51. The number of methoxy groups -OCH3 is 1. The molecule has 2 aliphatic heterocycles. The van der Waals surface area contributed by atoms with Gasteiger partial charge >= 0.3 is 0 Å². The minimum atomic E-state index is -2.51. The summed E-state index contributed by atoms with van der Waals surface area (Å²) in [5.74, 6) is 4.92. The lowest BCUT2D eigenvalue weighted by Crippen LogP contribution is -2.58. The van der Waals surface area contributed by atoms with Gasteiger partial charge in [0.1, 0.15) is 5.76 Å². The van der Waals surface area contributed by atoms with E-state index in [1.165, 1.54) is 12.3 Å². The number of halogens is 2. The molecule has 40 heavy (non-hydrogen) atoms. The Balaban J connectivity index is 0.00000560. The van der Waals surface area contributed by atoms with Gasteiger partial charge in [0, 0.05) is 70.4 Å². The molecule has 0 aromatic carbocycles. The number of alkyl halides is 1. The first-order valence-electron chi connectivity index (χ1n) is 13.8. The molecular weight excluding hydrogens is 553 g/mol. The highest BCUT2D eigenvalue weighted by Gasteiger charge is 2.34. The first kappa shape index (κ1) is 34.2. The Morgan fingerprint density at radius 2 is 2.02 bits per heavy atom. The molecule has 0 amide bonds. The van der Waals surface area contributed by atoms with Gasteiger partial charge in [-0.3, -0.25) is 14.7 Å². The standard InChI is InChI=1S/C28H45ClFN5O3S.CH4/c1-7-9-10-26(37-4)25(21(3)29)20-33-13-11-24(12-14-33)35-16-15-34(19-23(35)8-2)28-27(38-30)17-22(18-31-28)32-39(5,6)36;/h9-10,17-18,21,23-24H,5,7-8,11-16,19-20H2,1-4,6H3,(H,32,36);1H4/b10-9-,26-25+;. The average Bonchev–Trinajstić information content (AvgIpc) is 2.91. The van der Waals surface area contributed by atoms with E-state index in [9.17, 15) is 8.74 Å². The SMILES string of the molecule is C.C=S(C)(=O)Nc1cnc(N2CCN(C3CCN(C/C(=C(/C=C\CC)OC)C(C)Cl)CC3)C(CC)C2)c(OF)c1. The highest BCUT2D eigenvalue weighted by Crippen LogP contribution is 2.33. The second-order valence-electron chi connectivity index (χ2n) is 10.5. The van der Waals surface area contributed by atoms with Crippen LogP contribution >= 0.6 is 11.6 Å². The van der Waals surface area contributed by atoms with Crippen molar-refractivity contribution < 1.29 is 18.4 Å². The Labute approximate surface area is 246 Å². The summed E-state index contributed by atoms with van der Waals surface area (Å²) >= 11 is 6.56. The number of piperazine rings is 1. The summed E-state index contributed by atoms with van der Waals surface area (Å²) in [6, 6.07) is 2.31. The van der Waals surface area contributed by atoms with Crippen LogP contribution in [0.5, 0.6) is 5.75 Å². The molecule has 8 nitrogen and oxygen atoms in total. The van der Waals surface area contributed by atoms with Gasteiger partial charge in [0.05, 0.1) is 24.4 Å². The van der Waals surface area contributed by atoms with E-state index in [0.717, 1.165) is 76.3 Å². The summed E-state index contributed by atoms with van der Waals surface area (Å²) in [6.07, 6.45) is 11.3. The van der Waals surface area contributed by atoms with Crippen LogP contribution in [-0.4, -0.2) is 95.0 Å². The van der Waals surface area contributed by atoms with E-state index in [2.05, 4.69) is 55.1 Å². The number of anilines is 2.